The van der Waals surface area contributed by atoms with Gasteiger partial charge in [-0.2, -0.15) is 0 Å². The molecule has 0 bridgehead atoms. The van der Waals surface area contributed by atoms with Gasteiger partial charge in [0.25, 0.3) is 0 Å². The molecule has 0 heterocycles. The van der Waals surface area contributed by atoms with Crippen molar-refractivity contribution >= 4 is 12.4 Å². The Balaban J connectivity index is 1.82. The summed E-state index contributed by atoms with van der Waals surface area (Å²) in [6, 6.07) is 6.87. The number of methoxy groups -OCH3 is 1. The molecule has 0 aromatic heterocycles. The van der Waals surface area contributed by atoms with Gasteiger partial charge in [-0.1, -0.05) is 37.8 Å². The van der Waals surface area contributed by atoms with E-state index in [-0.39, 0.29) is 18.6 Å². The Morgan fingerprint density at radius 2 is 2.04 bits per heavy atom. The van der Waals surface area contributed by atoms with Gasteiger partial charge in [-0.15, -0.1) is 0 Å². The van der Waals surface area contributed by atoms with Crippen molar-refractivity contribution in [2.75, 3.05) is 13.7 Å². The third kappa shape index (κ3) is 6.62. The molecule has 3 N–H and O–H groups in total. The number of hydroxylamine groups is 2. The van der Waals surface area contributed by atoms with Gasteiger partial charge in [0.05, 0.1) is 19.7 Å². The van der Waals surface area contributed by atoms with E-state index in [0.717, 1.165) is 30.6 Å². The smallest absolute Gasteiger partial charge is 0.315 e. The molecule has 7 heteroatoms. The lowest BCUT2D eigenvalue weighted by Crippen LogP contribution is -2.47. The van der Waals surface area contributed by atoms with E-state index in [2.05, 4.69) is 10.6 Å². The Labute approximate surface area is 148 Å². The number of rotatable bonds is 9. The minimum absolute atomic E-state index is 0.0932. The van der Waals surface area contributed by atoms with Gasteiger partial charge in [0.1, 0.15) is 5.75 Å². The zero-order valence-corrected chi connectivity index (χ0v) is 14.6. The molecule has 1 fully saturated rings. The van der Waals surface area contributed by atoms with E-state index in [1.54, 1.807) is 7.11 Å². The number of nitrogens with zero attached hydrogens (tertiary/aromatic N) is 1. The summed E-state index contributed by atoms with van der Waals surface area (Å²) in [6.07, 6.45) is 5.81. The van der Waals surface area contributed by atoms with Crippen molar-refractivity contribution in [1.82, 2.24) is 15.7 Å². The molecule has 138 valence electrons. The first-order valence-electron chi connectivity index (χ1n) is 8.69. The maximum absolute atomic E-state index is 12.2. The van der Waals surface area contributed by atoms with Crippen molar-refractivity contribution in [2.45, 2.75) is 44.7 Å². The highest BCUT2D eigenvalue weighted by Crippen LogP contribution is 2.28. The molecule has 3 amide bonds. The summed E-state index contributed by atoms with van der Waals surface area (Å²) in [6.45, 7) is 0.485. The van der Waals surface area contributed by atoms with Crippen LogP contribution in [0.2, 0.25) is 0 Å². The quantitative estimate of drug-likeness (QED) is 0.362. The Bertz CT molecular complexity index is 544. The average Bonchev–Trinajstić information content (AvgIpc) is 3.13. The molecule has 1 aliphatic rings. The van der Waals surface area contributed by atoms with Crippen molar-refractivity contribution in [3.8, 4) is 5.75 Å². The SMILES string of the molecule is COc1ccc(CNC(=O)NC(CC2CCCC2)CN(O)C=O)cc1. The lowest BCUT2D eigenvalue weighted by atomic mass is 9.98. The lowest BCUT2D eigenvalue weighted by Gasteiger charge is -2.24. The predicted molar refractivity (Wildman–Crippen MR) is 93.3 cm³/mol. The first-order valence-corrected chi connectivity index (χ1v) is 8.69. The molecule has 2 rings (SSSR count). The van der Waals surface area contributed by atoms with Crippen molar-refractivity contribution in [2.24, 2.45) is 5.92 Å². The van der Waals surface area contributed by atoms with Gasteiger partial charge >= 0.3 is 6.03 Å². The summed E-state index contributed by atoms with van der Waals surface area (Å²) in [5.74, 6) is 1.30. The van der Waals surface area contributed by atoms with Gasteiger partial charge in [0.15, 0.2) is 0 Å². The molecule has 1 atom stereocenters. The normalized spacial score (nSPS) is 15.4. The van der Waals surface area contributed by atoms with E-state index in [4.69, 9.17) is 4.74 Å². The van der Waals surface area contributed by atoms with E-state index in [1.807, 2.05) is 24.3 Å². The molecule has 0 aliphatic heterocycles. The van der Waals surface area contributed by atoms with Crippen LogP contribution in [0.15, 0.2) is 24.3 Å². The van der Waals surface area contributed by atoms with Gasteiger partial charge in [0.2, 0.25) is 6.41 Å². The maximum Gasteiger partial charge on any atom is 0.315 e. The second-order valence-electron chi connectivity index (χ2n) is 6.49. The molecule has 0 spiro atoms. The minimum Gasteiger partial charge on any atom is -0.497 e. The van der Waals surface area contributed by atoms with Gasteiger partial charge in [-0.3, -0.25) is 10.0 Å². The number of carbonyl (C=O) groups excluding carboxylic acids is 2. The van der Waals surface area contributed by atoms with E-state index >= 15 is 0 Å². The third-order valence-corrected chi connectivity index (χ3v) is 4.57. The summed E-state index contributed by atoms with van der Waals surface area (Å²) >= 11 is 0. The molecule has 25 heavy (non-hydrogen) atoms. The van der Waals surface area contributed by atoms with Crippen LogP contribution in [0.25, 0.3) is 0 Å². The van der Waals surface area contributed by atoms with Crippen LogP contribution in [-0.4, -0.2) is 42.4 Å². The molecule has 1 aromatic rings. The molecule has 0 saturated heterocycles. The summed E-state index contributed by atoms with van der Waals surface area (Å²) in [5, 5.41) is 15.7. The molecule has 0 radical (unpaired) electrons. The number of hydrogen-bond donors (Lipinski definition) is 3. The van der Waals surface area contributed by atoms with E-state index in [9.17, 15) is 14.8 Å². The Morgan fingerprint density at radius 1 is 1.36 bits per heavy atom. The highest BCUT2D eigenvalue weighted by molar-refractivity contribution is 5.74. The van der Waals surface area contributed by atoms with Gasteiger partial charge < -0.3 is 15.4 Å². The number of benzene rings is 1. The van der Waals surface area contributed by atoms with Crippen LogP contribution in [0, 0.1) is 5.92 Å². The Morgan fingerprint density at radius 3 is 2.64 bits per heavy atom. The summed E-state index contributed by atoms with van der Waals surface area (Å²) in [5.41, 5.74) is 0.958. The molecule has 1 unspecified atom stereocenters. The van der Waals surface area contributed by atoms with E-state index in [0.29, 0.717) is 23.9 Å². The second kappa shape index (κ2) is 9.88. The number of nitrogens with one attached hydrogen (secondary N) is 2. The molecule has 1 aromatic carbocycles. The molecular formula is C18H27N3O4. The number of amides is 3. The number of hydrogen-bond acceptors (Lipinski definition) is 4. The molecule has 1 saturated carbocycles. The van der Waals surface area contributed by atoms with Gasteiger partial charge in [-0.25, -0.2) is 9.86 Å². The first-order chi connectivity index (χ1) is 12.1. The summed E-state index contributed by atoms with van der Waals surface area (Å²) in [7, 11) is 1.61. The fourth-order valence-electron chi connectivity index (χ4n) is 3.26. The van der Waals surface area contributed by atoms with Crippen molar-refractivity contribution in [3.63, 3.8) is 0 Å². The van der Waals surface area contributed by atoms with Crippen LogP contribution < -0.4 is 15.4 Å². The Hall–Kier alpha value is -2.28. The van der Waals surface area contributed by atoms with Crippen LogP contribution in [0.3, 0.4) is 0 Å². The van der Waals surface area contributed by atoms with Crippen LogP contribution in [0.1, 0.15) is 37.7 Å². The molecule has 7 nitrogen and oxygen atoms in total. The third-order valence-electron chi connectivity index (χ3n) is 4.57. The molecule has 1 aliphatic carbocycles. The number of ether oxygens (including phenoxy) is 1. The number of urea groups is 1. The predicted octanol–water partition coefficient (Wildman–Crippen LogP) is 2.29. The molecular weight excluding hydrogens is 322 g/mol. The van der Waals surface area contributed by atoms with Crippen LogP contribution in [-0.2, 0) is 11.3 Å². The topological polar surface area (TPSA) is 90.9 Å². The van der Waals surface area contributed by atoms with Crippen LogP contribution in [0.4, 0.5) is 4.79 Å². The fraction of sp³-hybridized carbons (Fsp3) is 0.556. The summed E-state index contributed by atoms with van der Waals surface area (Å²) < 4.78 is 5.10. The maximum atomic E-state index is 12.2. The standard InChI is InChI=1S/C18H27N3O4/c1-25-17-8-6-15(7-9-17)11-19-18(23)20-16(12-21(24)13-22)10-14-4-2-3-5-14/h6-9,13-14,16,24H,2-5,10-12H2,1H3,(H2,19,20,23). The average molecular weight is 349 g/mol. The zero-order valence-electron chi connectivity index (χ0n) is 14.6. The van der Waals surface area contributed by atoms with Crippen molar-refractivity contribution in [1.29, 1.82) is 0 Å². The largest absolute Gasteiger partial charge is 0.497 e. The highest BCUT2D eigenvalue weighted by Gasteiger charge is 2.22. The van der Waals surface area contributed by atoms with E-state index < -0.39 is 0 Å². The Kier molecular flexibility index (Phi) is 7.53. The minimum atomic E-state index is -0.307. The second-order valence-corrected chi connectivity index (χ2v) is 6.49. The van der Waals surface area contributed by atoms with Crippen molar-refractivity contribution in [3.05, 3.63) is 29.8 Å². The number of carbonyl (C=O) groups is 2. The monoisotopic (exact) mass is 349 g/mol. The lowest BCUT2D eigenvalue weighted by molar-refractivity contribution is -0.151. The van der Waals surface area contributed by atoms with Gasteiger partial charge in [-0.05, 0) is 30.0 Å². The zero-order chi connectivity index (χ0) is 18.1. The van der Waals surface area contributed by atoms with E-state index in [1.165, 1.54) is 12.8 Å². The highest BCUT2D eigenvalue weighted by atomic mass is 16.5. The first kappa shape index (κ1) is 19.1. The van der Waals surface area contributed by atoms with Crippen LogP contribution in [0.5, 0.6) is 5.75 Å². The fourth-order valence-corrected chi connectivity index (χ4v) is 3.26. The van der Waals surface area contributed by atoms with Crippen LogP contribution >= 0.6 is 0 Å². The van der Waals surface area contributed by atoms with Crippen molar-refractivity contribution < 1.29 is 19.5 Å². The van der Waals surface area contributed by atoms with Gasteiger partial charge in [0, 0.05) is 6.54 Å². The summed E-state index contributed by atoms with van der Waals surface area (Å²) in [4.78, 5) is 22.8.